The van der Waals surface area contributed by atoms with E-state index in [1.807, 2.05) is 18.2 Å². The summed E-state index contributed by atoms with van der Waals surface area (Å²) in [5.41, 5.74) is 5.49. The number of halogens is 1. The van der Waals surface area contributed by atoms with Crippen molar-refractivity contribution >= 4 is 0 Å². The van der Waals surface area contributed by atoms with Crippen molar-refractivity contribution in [1.82, 2.24) is 0 Å². The van der Waals surface area contributed by atoms with Crippen molar-refractivity contribution in [3.8, 4) is 0 Å². The predicted molar refractivity (Wildman–Crippen MR) is 51.3 cm³/mol. The van der Waals surface area contributed by atoms with Gasteiger partial charge in [-0.2, -0.15) is 0 Å². The topological polar surface area (TPSA) is 26.0 Å². The molecule has 2 heteroatoms. The second-order valence-electron chi connectivity index (χ2n) is 3.87. The Morgan fingerprint density at radius 3 is 2.46 bits per heavy atom. The van der Waals surface area contributed by atoms with Gasteiger partial charge in [-0.3, -0.25) is 0 Å². The lowest BCUT2D eigenvalue weighted by molar-refractivity contribution is 0.0505. The molecule has 0 radical (unpaired) electrons. The summed E-state index contributed by atoms with van der Waals surface area (Å²) in [5.74, 6) is 0.384. The van der Waals surface area contributed by atoms with E-state index in [-0.39, 0.29) is 6.54 Å². The number of hydrogen-bond donors (Lipinski definition) is 1. The van der Waals surface area contributed by atoms with E-state index in [0.717, 1.165) is 0 Å². The molecular formula is C11H14FN. The quantitative estimate of drug-likeness (QED) is 0.740. The lowest BCUT2D eigenvalue weighted by atomic mass is 9.69. The van der Waals surface area contributed by atoms with Gasteiger partial charge in [-0.1, -0.05) is 30.3 Å². The van der Waals surface area contributed by atoms with Crippen LogP contribution >= 0.6 is 0 Å². The summed E-state index contributed by atoms with van der Waals surface area (Å²) in [6.45, 7) is 0.163. The van der Waals surface area contributed by atoms with E-state index >= 15 is 0 Å². The van der Waals surface area contributed by atoms with E-state index in [1.54, 1.807) is 0 Å². The molecule has 70 valence electrons. The van der Waals surface area contributed by atoms with Crippen LogP contribution < -0.4 is 5.73 Å². The van der Waals surface area contributed by atoms with Gasteiger partial charge >= 0.3 is 0 Å². The minimum absolute atomic E-state index is 0.163. The zero-order valence-corrected chi connectivity index (χ0v) is 7.54. The van der Waals surface area contributed by atoms with Crippen molar-refractivity contribution in [3.05, 3.63) is 35.9 Å². The van der Waals surface area contributed by atoms with E-state index in [1.165, 1.54) is 5.56 Å². The summed E-state index contributed by atoms with van der Waals surface area (Å²) in [6, 6.07) is 10.1. The molecule has 1 aromatic rings. The maximum absolute atomic E-state index is 13.4. The van der Waals surface area contributed by atoms with Crippen molar-refractivity contribution in [3.63, 3.8) is 0 Å². The van der Waals surface area contributed by atoms with Crippen molar-refractivity contribution in [2.75, 3.05) is 6.54 Å². The van der Waals surface area contributed by atoms with Crippen LogP contribution in [0.15, 0.2) is 30.3 Å². The molecule has 1 aliphatic rings. The maximum atomic E-state index is 13.4. The molecule has 1 saturated carbocycles. The van der Waals surface area contributed by atoms with Crippen LogP contribution in [-0.4, -0.2) is 12.2 Å². The highest BCUT2D eigenvalue weighted by Crippen LogP contribution is 2.46. The monoisotopic (exact) mass is 179 g/mol. The molecule has 0 unspecified atom stereocenters. The van der Waals surface area contributed by atoms with Gasteiger partial charge in [0.05, 0.1) is 0 Å². The standard InChI is InChI=1S/C11H14FN/c12-11(8-13)6-10(7-11)9-4-2-1-3-5-9/h1-5,10H,6-8,13H2. The zero-order chi connectivity index (χ0) is 9.31. The van der Waals surface area contributed by atoms with Gasteiger partial charge in [-0.05, 0) is 24.3 Å². The van der Waals surface area contributed by atoms with E-state index < -0.39 is 5.67 Å². The molecule has 0 aliphatic heterocycles. The molecule has 1 nitrogen and oxygen atoms in total. The first-order valence-electron chi connectivity index (χ1n) is 4.67. The first-order chi connectivity index (χ1) is 6.23. The van der Waals surface area contributed by atoms with E-state index in [9.17, 15) is 4.39 Å². The van der Waals surface area contributed by atoms with Crippen LogP contribution in [0.2, 0.25) is 0 Å². The lowest BCUT2D eigenvalue weighted by Gasteiger charge is -2.40. The molecular weight excluding hydrogens is 165 g/mol. The Labute approximate surface area is 77.8 Å². The maximum Gasteiger partial charge on any atom is 0.124 e. The fourth-order valence-electron chi connectivity index (χ4n) is 1.95. The molecule has 1 aliphatic carbocycles. The number of nitrogens with two attached hydrogens (primary N) is 1. The normalized spacial score (nSPS) is 32.6. The highest BCUT2D eigenvalue weighted by molar-refractivity contribution is 5.24. The molecule has 0 aromatic heterocycles. The minimum atomic E-state index is -1.08. The Balaban J connectivity index is 2.01. The molecule has 13 heavy (non-hydrogen) atoms. The highest BCUT2D eigenvalue weighted by atomic mass is 19.1. The van der Waals surface area contributed by atoms with Crippen LogP contribution in [0.3, 0.4) is 0 Å². The Kier molecular flexibility index (Phi) is 2.08. The predicted octanol–water partition coefficient (Wildman–Crippen LogP) is 2.23. The second-order valence-corrected chi connectivity index (χ2v) is 3.87. The van der Waals surface area contributed by atoms with Gasteiger partial charge in [-0.25, -0.2) is 4.39 Å². The largest absolute Gasteiger partial charge is 0.328 e. The first-order valence-corrected chi connectivity index (χ1v) is 4.67. The molecule has 0 amide bonds. The Hall–Kier alpha value is -0.890. The summed E-state index contributed by atoms with van der Waals surface area (Å²) < 4.78 is 13.4. The molecule has 0 bridgehead atoms. The molecule has 1 fully saturated rings. The van der Waals surface area contributed by atoms with Crippen LogP contribution in [0, 0.1) is 0 Å². The average Bonchev–Trinajstić information content (AvgIpc) is 2.14. The summed E-state index contributed by atoms with van der Waals surface area (Å²) in [7, 11) is 0. The second kappa shape index (κ2) is 3.11. The molecule has 0 atom stereocenters. The van der Waals surface area contributed by atoms with Gasteiger partial charge in [0.25, 0.3) is 0 Å². The lowest BCUT2D eigenvalue weighted by Crippen LogP contribution is -2.44. The van der Waals surface area contributed by atoms with Crippen molar-refractivity contribution in [1.29, 1.82) is 0 Å². The fraction of sp³-hybridized carbons (Fsp3) is 0.455. The van der Waals surface area contributed by atoms with Crippen LogP contribution in [0.25, 0.3) is 0 Å². The van der Waals surface area contributed by atoms with Crippen LogP contribution in [0.1, 0.15) is 24.3 Å². The fourth-order valence-corrected chi connectivity index (χ4v) is 1.95. The number of alkyl halides is 1. The average molecular weight is 179 g/mol. The Bertz CT molecular complexity index is 277. The number of rotatable bonds is 2. The molecule has 2 N–H and O–H groups in total. The van der Waals surface area contributed by atoms with E-state index in [2.05, 4.69) is 12.1 Å². The van der Waals surface area contributed by atoms with Crippen molar-refractivity contribution in [2.24, 2.45) is 5.73 Å². The van der Waals surface area contributed by atoms with Crippen LogP contribution in [0.5, 0.6) is 0 Å². The third-order valence-electron chi connectivity index (χ3n) is 2.86. The van der Waals surface area contributed by atoms with Crippen molar-refractivity contribution in [2.45, 2.75) is 24.4 Å². The van der Waals surface area contributed by atoms with Gasteiger partial charge in [0.15, 0.2) is 0 Å². The number of hydrogen-bond acceptors (Lipinski definition) is 1. The van der Waals surface area contributed by atoms with Gasteiger partial charge < -0.3 is 5.73 Å². The smallest absolute Gasteiger partial charge is 0.124 e. The number of benzene rings is 1. The van der Waals surface area contributed by atoms with E-state index in [4.69, 9.17) is 5.73 Å². The van der Waals surface area contributed by atoms with Gasteiger partial charge in [0, 0.05) is 6.54 Å². The third-order valence-corrected chi connectivity index (χ3v) is 2.86. The van der Waals surface area contributed by atoms with Gasteiger partial charge in [-0.15, -0.1) is 0 Å². The van der Waals surface area contributed by atoms with Crippen LogP contribution in [-0.2, 0) is 0 Å². The summed E-state index contributed by atoms with van der Waals surface area (Å²) in [6.07, 6.45) is 1.18. The SMILES string of the molecule is NCC1(F)CC(c2ccccc2)C1. The first kappa shape index (κ1) is 8.70. The minimum Gasteiger partial charge on any atom is -0.328 e. The zero-order valence-electron chi connectivity index (χ0n) is 7.54. The molecule has 0 spiro atoms. The van der Waals surface area contributed by atoms with Crippen molar-refractivity contribution < 1.29 is 4.39 Å². The highest BCUT2D eigenvalue weighted by Gasteiger charge is 2.43. The molecule has 0 saturated heterocycles. The molecule has 1 aromatic carbocycles. The summed E-state index contributed by atoms with van der Waals surface area (Å²) in [4.78, 5) is 0. The Morgan fingerprint density at radius 1 is 1.31 bits per heavy atom. The van der Waals surface area contributed by atoms with Gasteiger partial charge in [0.1, 0.15) is 5.67 Å². The van der Waals surface area contributed by atoms with E-state index in [0.29, 0.717) is 18.8 Å². The van der Waals surface area contributed by atoms with Gasteiger partial charge in [0.2, 0.25) is 0 Å². The third kappa shape index (κ3) is 1.59. The molecule has 2 rings (SSSR count). The molecule has 0 heterocycles. The Morgan fingerprint density at radius 2 is 1.92 bits per heavy atom. The summed E-state index contributed by atoms with van der Waals surface area (Å²) in [5, 5.41) is 0. The summed E-state index contributed by atoms with van der Waals surface area (Å²) >= 11 is 0. The van der Waals surface area contributed by atoms with Crippen LogP contribution in [0.4, 0.5) is 4.39 Å².